The van der Waals surface area contributed by atoms with Crippen molar-refractivity contribution in [2.24, 2.45) is 5.92 Å². The van der Waals surface area contributed by atoms with Crippen molar-refractivity contribution < 1.29 is 9.53 Å². The number of rotatable bonds is 3. The Hall–Kier alpha value is -1.15. The Morgan fingerprint density at radius 3 is 2.47 bits per heavy atom. The first-order chi connectivity index (χ1) is 8.36. The van der Waals surface area contributed by atoms with Crippen LogP contribution in [0.1, 0.15) is 42.5 Å². The third-order valence-electron chi connectivity index (χ3n) is 3.96. The lowest BCUT2D eigenvalue weighted by Gasteiger charge is -2.19. The first kappa shape index (κ1) is 11.0. The predicted molar refractivity (Wildman–Crippen MR) is 66.0 cm³/mol. The lowest BCUT2D eigenvalue weighted by Crippen LogP contribution is -2.18. The highest BCUT2D eigenvalue weighted by molar-refractivity contribution is 6.01. The molecule has 1 aliphatic heterocycles. The molecule has 0 aromatic heterocycles. The van der Waals surface area contributed by atoms with Crippen molar-refractivity contribution in [1.29, 1.82) is 0 Å². The van der Waals surface area contributed by atoms with Gasteiger partial charge < -0.3 is 4.74 Å². The van der Waals surface area contributed by atoms with Crippen LogP contribution in [0, 0.1) is 5.92 Å². The van der Waals surface area contributed by atoms with Crippen LogP contribution < -0.4 is 0 Å². The van der Waals surface area contributed by atoms with Gasteiger partial charge in [0.05, 0.1) is 6.10 Å². The topological polar surface area (TPSA) is 29.6 Å². The molecule has 3 rings (SSSR count). The minimum atomic E-state index is -0.152. The van der Waals surface area contributed by atoms with Gasteiger partial charge >= 0.3 is 0 Å². The summed E-state index contributed by atoms with van der Waals surface area (Å²) in [5, 5.41) is 0. The molecule has 90 valence electrons. The predicted octanol–water partition coefficient (Wildman–Crippen LogP) is 3.22. The van der Waals surface area contributed by atoms with Gasteiger partial charge in [-0.2, -0.15) is 0 Å². The lowest BCUT2D eigenvalue weighted by molar-refractivity contribution is 0.0953. The average molecular weight is 230 g/mol. The summed E-state index contributed by atoms with van der Waals surface area (Å²) in [7, 11) is 0. The van der Waals surface area contributed by atoms with Gasteiger partial charge in [-0.05, 0) is 18.8 Å². The normalized spacial score (nSPS) is 28.9. The number of carbonyl (C=O) groups is 1. The Morgan fingerprint density at radius 2 is 1.76 bits per heavy atom. The molecule has 0 N–H and O–H groups in total. The van der Waals surface area contributed by atoms with Crippen LogP contribution in [-0.2, 0) is 4.74 Å². The first-order valence-corrected chi connectivity index (χ1v) is 6.61. The molecule has 0 amide bonds. The third kappa shape index (κ3) is 2.27. The van der Waals surface area contributed by atoms with E-state index in [1.54, 1.807) is 0 Å². The summed E-state index contributed by atoms with van der Waals surface area (Å²) >= 11 is 0. The number of epoxide rings is 1. The molecule has 2 nitrogen and oxygen atoms in total. The van der Waals surface area contributed by atoms with Crippen molar-refractivity contribution in [2.45, 2.75) is 44.3 Å². The minimum Gasteiger partial charge on any atom is -0.361 e. The number of ketones is 1. The molecule has 1 aromatic rings. The van der Waals surface area contributed by atoms with Gasteiger partial charge in [0.1, 0.15) is 6.10 Å². The van der Waals surface area contributed by atoms with Gasteiger partial charge in [0, 0.05) is 5.56 Å². The maximum atomic E-state index is 12.1. The Labute approximate surface area is 102 Å². The van der Waals surface area contributed by atoms with Crippen molar-refractivity contribution in [1.82, 2.24) is 0 Å². The fraction of sp³-hybridized carbons (Fsp3) is 0.533. The molecule has 2 fully saturated rings. The third-order valence-corrected chi connectivity index (χ3v) is 3.96. The highest BCUT2D eigenvalue weighted by Gasteiger charge is 2.49. The number of hydrogen-bond donors (Lipinski definition) is 0. The molecular formula is C15H18O2. The van der Waals surface area contributed by atoms with Gasteiger partial charge in [0.2, 0.25) is 0 Å². The highest BCUT2D eigenvalue weighted by Crippen LogP contribution is 2.39. The highest BCUT2D eigenvalue weighted by atomic mass is 16.6. The van der Waals surface area contributed by atoms with Crippen LogP contribution in [0.15, 0.2) is 30.3 Å². The van der Waals surface area contributed by atoms with E-state index < -0.39 is 0 Å². The van der Waals surface area contributed by atoms with Gasteiger partial charge in [-0.15, -0.1) is 0 Å². The molecule has 1 heterocycles. The molecule has 1 aromatic carbocycles. The maximum Gasteiger partial charge on any atom is 0.194 e. The zero-order chi connectivity index (χ0) is 11.7. The van der Waals surface area contributed by atoms with Crippen LogP contribution in [-0.4, -0.2) is 18.0 Å². The van der Waals surface area contributed by atoms with Crippen molar-refractivity contribution >= 4 is 5.78 Å². The van der Waals surface area contributed by atoms with E-state index in [-0.39, 0.29) is 18.0 Å². The van der Waals surface area contributed by atoms with E-state index >= 15 is 0 Å². The second-order valence-corrected chi connectivity index (χ2v) is 5.15. The average Bonchev–Trinajstić information content (AvgIpc) is 3.20. The summed E-state index contributed by atoms with van der Waals surface area (Å²) in [6, 6.07) is 9.50. The zero-order valence-corrected chi connectivity index (χ0v) is 9.97. The maximum absolute atomic E-state index is 12.1. The van der Waals surface area contributed by atoms with Gasteiger partial charge in [-0.1, -0.05) is 49.6 Å². The van der Waals surface area contributed by atoms with Crippen molar-refractivity contribution in [3.8, 4) is 0 Å². The standard InChI is InChI=1S/C15H18O2/c16-13(11-7-3-1-4-8-11)15-14(17-15)12-9-5-2-6-10-12/h1,3-4,7-8,12,14-15H,2,5-6,9-10H2/t14-,15-/m0/s1. The summed E-state index contributed by atoms with van der Waals surface area (Å²) < 4.78 is 5.62. The van der Waals surface area contributed by atoms with E-state index in [1.807, 2.05) is 30.3 Å². The van der Waals surface area contributed by atoms with Crippen molar-refractivity contribution in [3.05, 3.63) is 35.9 Å². The molecule has 0 spiro atoms. The van der Waals surface area contributed by atoms with E-state index in [4.69, 9.17) is 4.74 Å². The van der Waals surface area contributed by atoms with E-state index in [0.29, 0.717) is 5.92 Å². The number of carbonyl (C=O) groups excluding carboxylic acids is 1. The lowest BCUT2D eigenvalue weighted by atomic mass is 9.85. The second-order valence-electron chi connectivity index (χ2n) is 5.15. The molecule has 0 bridgehead atoms. The molecular weight excluding hydrogens is 212 g/mol. The van der Waals surface area contributed by atoms with Gasteiger partial charge in [0.15, 0.2) is 5.78 Å². The Morgan fingerprint density at radius 1 is 1.06 bits per heavy atom. The molecule has 2 heteroatoms. The fourth-order valence-corrected chi connectivity index (χ4v) is 2.92. The van der Waals surface area contributed by atoms with Crippen LogP contribution in [0.3, 0.4) is 0 Å². The number of Topliss-reactive ketones (excluding diaryl/α,β-unsaturated/α-hetero) is 1. The second kappa shape index (κ2) is 4.61. The van der Waals surface area contributed by atoms with E-state index in [1.165, 1.54) is 32.1 Å². The molecule has 0 radical (unpaired) electrons. The van der Waals surface area contributed by atoms with Crippen molar-refractivity contribution in [3.63, 3.8) is 0 Å². The van der Waals surface area contributed by atoms with Crippen LogP contribution >= 0.6 is 0 Å². The van der Waals surface area contributed by atoms with Crippen LogP contribution in [0.5, 0.6) is 0 Å². The number of ether oxygens (including phenoxy) is 1. The van der Waals surface area contributed by atoms with Gasteiger partial charge in [-0.25, -0.2) is 0 Å². The number of hydrogen-bond acceptors (Lipinski definition) is 2. The molecule has 1 saturated carbocycles. The Bertz CT molecular complexity index is 393. The Balaban J connectivity index is 1.62. The van der Waals surface area contributed by atoms with Crippen LogP contribution in [0.4, 0.5) is 0 Å². The fourth-order valence-electron chi connectivity index (χ4n) is 2.92. The largest absolute Gasteiger partial charge is 0.361 e. The minimum absolute atomic E-state index is 0.152. The van der Waals surface area contributed by atoms with E-state index in [0.717, 1.165) is 5.56 Å². The molecule has 2 atom stereocenters. The SMILES string of the molecule is O=C(c1ccccc1)[C@@H]1O[C@H]1C1CCCCC1. The monoisotopic (exact) mass is 230 g/mol. The summed E-state index contributed by atoms with van der Waals surface area (Å²) in [5.74, 6) is 0.794. The molecule has 17 heavy (non-hydrogen) atoms. The summed E-state index contributed by atoms with van der Waals surface area (Å²) in [6.07, 6.45) is 6.49. The van der Waals surface area contributed by atoms with Crippen molar-refractivity contribution in [2.75, 3.05) is 0 Å². The van der Waals surface area contributed by atoms with Crippen LogP contribution in [0.25, 0.3) is 0 Å². The van der Waals surface area contributed by atoms with Crippen LogP contribution in [0.2, 0.25) is 0 Å². The summed E-state index contributed by atoms with van der Waals surface area (Å²) in [6.45, 7) is 0. The molecule has 0 unspecified atom stereocenters. The molecule has 1 aliphatic carbocycles. The smallest absolute Gasteiger partial charge is 0.194 e. The van der Waals surface area contributed by atoms with Gasteiger partial charge in [-0.3, -0.25) is 4.79 Å². The zero-order valence-electron chi connectivity index (χ0n) is 9.97. The summed E-state index contributed by atoms with van der Waals surface area (Å²) in [5.41, 5.74) is 0.788. The Kier molecular flexibility index (Phi) is 2.98. The quantitative estimate of drug-likeness (QED) is 0.589. The van der Waals surface area contributed by atoms with E-state index in [2.05, 4.69) is 0 Å². The van der Waals surface area contributed by atoms with E-state index in [9.17, 15) is 4.79 Å². The first-order valence-electron chi connectivity index (χ1n) is 6.61. The molecule has 2 aliphatic rings. The molecule has 1 saturated heterocycles. The number of benzene rings is 1. The van der Waals surface area contributed by atoms with Gasteiger partial charge in [0.25, 0.3) is 0 Å². The summed E-state index contributed by atoms with van der Waals surface area (Å²) in [4.78, 5) is 12.1.